The standard InChI is InChI=1S/C16H22O2S/c1-11-7-8-14(13(9-11)12(2)18)19-16(5,6)15(3,4)10-17/h7-10H,1-6H3. The maximum absolute atomic E-state index is 11.7. The molecule has 0 aliphatic heterocycles. The predicted octanol–water partition coefficient (Wildman–Crippen LogP) is 4.29. The lowest BCUT2D eigenvalue weighted by Crippen LogP contribution is -2.37. The van der Waals surface area contributed by atoms with E-state index in [-0.39, 0.29) is 10.5 Å². The Labute approximate surface area is 120 Å². The number of aryl methyl sites for hydroxylation is 1. The zero-order chi connectivity index (χ0) is 14.8. The molecule has 1 aromatic rings. The molecule has 0 unspecified atom stereocenters. The minimum absolute atomic E-state index is 0.0610. The van der Waals surface area contributed by atoms with Gasteiger partial charge in [0.1, 0.15) is 6.29 Å². The summed E-state index contributed by atoms with van der Waals surface area (Å²) in [5.74, 6) is 0.0610. The van der Waals surface area contributed by atoms with Crippen LogP contribution in [0.1, 0.15) is 50.5 Å². The van der Waals surface area contributed by atoms with Crippen molar-refractivity contribution in [2.75, 3.05) is 0 Å². The van der Waals surface area contributed by atoms with Crippen molar-refractivity contribution in [2.24, 2.45) is 5.41 Å². The van der Waals surface area contributed by atoms with Gasteiger partial charge in [-0.15, -0.1) is 11.8 Å². The zero-order valence-electron chi connectivity index (χ0n) is 12.5. The molecular weight excluding hydrogens is 256 g/mol. The first-order valence-electron chi connectivity index (χ1n) is 6.37. The van der Waals surface area contributed by atoms with Crippen LogP contribution < -0.4 is 0 Å². The van der Waals surface area contributed by atoms with E-state index in [1.54, 1.807) is 18.7 Å². The quantitative estimate of drug-likeness (QED) is 0.457. The molecule has 0 amide bonds. The van der Waals surface area contributed by atoms with E-state index in [0.717, 1.165) is 22.3 Å². The van der Waals surface area contributed by atoms with Crippen molar-refractivity contribution in [1.82, 2.24) is 0 Å². The van der Waals surface area contributed by atoms with Crippen LogP contribution in [0.5, 0.6) is 0 Å². The Bertz CT molecular complexity index is 501. The van der Waals surface area contributed by atoms with Gasteiger partial charge in [0.2, 0.25) is 0 Å². The van der Waals surface area contributed by atoms with Crippen LogP contribution in [0, 0.1) is 12.3 Å². The molecule has 2 nitrogen and oxygen atoms in total. The highest BCUT2D eigenvalue weighted by atomic mass is 32.2. The highest BCUT2D eigenvalue weighted by molar-refractivity contribution is 8.00. The fourth-order valence-electron chi connectivity index (χ4n) is 1.56. The van der Waals surface area contributed by atoms with Crippen molar-refractivity contribution in [1.29, 1.82) is 0 Å². The van der Waals surface area contributed by atoms with Gasteiger partial charge in [0, 0.05) is 20.6 Å². The van der Waals surface area contributed by atoms with Crippen molar-refractivity contribution in [3.8, 4) is 0 Å². The SMILES string of the molecule is CC(=O)c1cc(C)ccc1SC(C)(C)C(C)(C)C=O. The van der Waals surface area contributed by atoms with E-state index in [0.29, 0.717) is 0 Å². The third-order valence-electron chi connectivity index (χ3n) is 3.73. The van der Waals surface area contributed by atoms with Crippen molar-refractivity contribution in [3.05, 3.63) is 29.3 Å². The van der Waals surface area contributed by atoms with E-state index >= 15 is 0 Å². The smallest absolute Gasteiger partial charge is 0.160 e. The van der Waals surface area contributed by atoms with Crippen LogP contribution in [0.3, 0.4) is 0 Å². The molecule has 0 aliphatic rings. The maximum Gasteiger partial charge on any atom is 0.160 e. The van der Waals surface area contributed by atoms with Crippen LogP contribution in [0.25, 0.3) is 0 Å². The number of rotatable bonds is 5. The highest BCUT2D eigenvalue weighted by Gasteiger charge is 2.38. The Morgan fingerprint density at radius 1 is 1.21 bits per heavy atom. The molecule has 0 radical (unpaired) electrons. The fourth-order valence-corrected chi connectivity index (χ4v) is 2.87. The molecule has 0 saturated heterocycles. The molecule has 1 rings (SSSR count). The summed E-state index contributed by atoms with van der Waals surface area (Å²) in [5.41, 5.74) is 1.35. The number of ketones is 1. The molecule has 0 saturated carbocycles. The average molecular weight is 278 g/mol. The monoisotopic (exact) mass is 278 g/mol. The largest absolute Gasteiger partial charge is 0.303 e. The van der Waals surface area contributed by atoms with Gasteiger partial charge in [0.15, 0.2) is 5.78 Å². The van der Waals surface area contributed by atoms with E-state index in [4.69, 9.17) is 0 Å². The number of Topliss-reactive ketones (excluding diaryl/α,β-unsaturated/α-hetero) is 1. The topological polar surface area (TPSA) is 34.1 Å². The van der Waals surface area contributed by atoms with Gasteiger partial charge in [0.25, 0.3) is 0 Å². The Kier molecular flexibility index (Phi) is 4.62. The first-order chi connectivity index (χ1) is 8.60. The predicted molar refractivity (Wildman–Crippen MR) is 81.0 cm³/mol. The highest BCUT2D eigenvalue weighted by Crippen LogP contribution is 2.45. The van der Waals surface area contributed by atoms with Gasteiger partial charge in [-0.3, -0.25) is 4.79 Å². The van der Waals surface area contributed by atoms with Gasteiger partial charge < -0.3 is 4.79 Å². The van der Waals surface area contributed by atoms with Gasteiger partial charge in [-0.2, -0.15) is 0 Å². The second kappa shape index (κ2) is 5.49. The summed E-state index contributed by atoms with van der Waals surface area (Å²) in [6.45, 7) is 11.5. The fraction of sp³-hybridized carbons (Fsp3) is 0.500. The molecule has 0 aliphatic carbocycles. The first kappa shape index (κ1) is 16.0. The zero-order valence-corrected chi connectivity index (χ0v) is 13.4. The lowest BCUT2D eigenvalue weighted by atomic mass is 9.82. The van der Waals surface area contributed by atoms with Crippen LogP contribution in [0.2, 0.25) is 0 Å². The number of aldehydes is 1. The Morgan fingerprint density at radius 2 is 1.79 bits per heavy atom. The van der Waals surface area contributed by atoms with Crippen molar-refractivity contribution < 1.29 is 9.59 Å². The maximum atomic E-state index is 11.7. The Morgan fingerprint density at radius 3 is 2.26 bits per heavy atom. The third kappa shape index (κ3) is 3.47. The molecule has 0 bridgehead atoms. The Balaban J connectivity index is 3.19. The first-order valence-corrected chi connectivity index (χ1v) is 7.19. The summed E-state index contributed by atoms with van der Waals surface area (Å²) in [4.78, 5) is 23.9. The molecule has 1 aromatic carbocycles. The molecule has 19 heavy (non-hydrogen) atoms. The molecule has 0 N–H and O–H groups in total. The molecule has 0 atom stereocenters. The molecule has 0 spiro atoms. The molecule has 0 fully saturated rings. The molecule has 0 aromatic heterocycles. The average Bonchev–Trinajstić information content (AvgIpc) is 2.30. The van der Waals surface area contributed by atoms with Crippen LogP contribution in [0.15, 0.2) is 23.1 Å². The number of hydrogen-bond acceptors (Lipinski definition) is 3. The van der Waals surface area contributed by atoms with Gasteiger partial charge in [-0.1, -0.05) is 25.5 Å². The Hall–Kier alpha value is -1.09. The number of benzene rings is 1. The molecular formula is C16H22O2S. The van der Waals surface area contributed by atoms with E-state index < -0.39 is 5.41 Å². The number of hydrogen-bond donors (Lipinski definition) is 0. The van der Waals surface area contributed by atoms with E-state index in [2.05, 4.69) is 0 Å². The van der Waals surface area contributed by atoms with Crippen molar-refractivity contribution >= 4 is 23.8 Å². The summed E-state index contributed by atoms with van der Waals surface area (Å²) in [6, 6.07) is 5.88. The van der Waals surface area contributed by atoms with Crippen molar-refractivity contribution in [2.45, 2.75) is 51.2 Å². The summed E-state index contributed by atoms with van der Waals surface area (Å²) < 4.78 is -0.284. The minimum atomic E-state index is -0.462. The molecule has 104 valence electrons. The van der Waals surface area contributed by atoms with Crippen LogP contribution in [-0.4, -0.2) is 16.8 Å². The second-order valence-corrected chi connectivity index (χ2v) is 7.67. The summed E-state index contributed by atoms with van der Waals surface area (Å²) >= 11 is 1.59. The van der Waals surface area contributed by atoms with E-state index in [9.17, 15) is 9.59 Å². The lowest BCUT2D eigenvalue weighted by molar-refractivity contribution is -0.115. The van der Waals surface area contributed by atoms with Crippen molar-refractivity contribution in [3.63, 3.8) is 0 Å². The lowest BCUT2D eigenvalue weighted by Gasteiger charge is -2.37. The van der Waals surface area contributed by atoms with Gasteiger partial charge in [-0.05, 0) is 39.8 Å². The van der Waals surface area contributed by atoms with Crippen LogP contribution >= 0.6 is 11.8 Å². The number of carbonyl (C=O) groups excluding carboxylic acids is 2. The van der Waals surface area contributed by atoms with E-state index in [1.807, 2.05) is 52.8 Å². The second-order valence-electron chi connectivity index (χ2n) is 6.01. The van der Waals surface area contributed by atoms with Gasteiger partial charge in [0.05, 0.1) is 0 Å². The van der Waals surface area contributed by atoms with Gasteiger partial charge in [-0.25, -0.2) is 0 Å². The van der Waals surface area contributed by atoms with Crippen LogP contribution in [0.4, 0.5) is 0 Å². The third-order valence-corrected chi connectivity index (χ3v) is 5.34. The summed E-state index contributed by atoms with van der Waals surface area (Å²) in [6.07, 6.45) is 0.988. The molecule has 0 heterocycles. The minimum Gasteiger partial charge on any atom is -0.303 e. The van der Waals surface area contributed by atoms with E-state index in [1.165, 1.54) is 0 Å². The molecule has 3 heteroatoms. The van der Waals surface area contributed by atoms with Crippen LogP contribution in [-0.2, 0) is 4.79 Å². The normalized spacial score (nSPS) is 12.3. The number of thioether (sulfide) groups is 1. The van der Waals surface area contributed by atoms with Gasteiger partial charge >= 0.3 is 0 Å². The number of carbonyl (C=O) groups is 2. The summed E-state index contributed by atoms with van der Waals surface area (Å²) in [5, 5.41) is 0. The summed E-state index contributed by atoms with van der Waals surface area (Å²) in [7, 11) is 0.